The van der Waals surface area contributed by atoms with Gasteiger partial charge in [0.15, 0.2) is 0 Å². The van der Waals surface area contributed by atoms with Gasteiger partial charge in [0.2, 0.25) is 0 Å². The maximum Gasteiger partial charge on any atom is 0.416 e. The van der Waals surface area contributed by atoms with E-state index in [4.69, 9.17) is 16.3 Å². The van der Waals surface area contributed by atoms with E-state index in [9.17, 15) is 18.0 Å². The van der Waals surface area contributed by atoms with Crippen molar-refractivity contribution in [1.29, 1.82) is 0 Å². The smallest absolute Gasteiger partial charge is 0.416 e. The van der Waals surface area contributed by atoms with Gasteiger partial charge in [0, 0.05) is 11.8 Å². The van der Waals surface area contributed by atoms with E-state index in [1.807, 2.05) is 24.3 Å². The number of anilines is 1. The van der Waals surface area contributed by atoms with Crippen LogP contribution in [-0.4, -0.2) is 18.0 Å². The molecule has 1 N–H and O–H groups in total. The van der Waals surface area contributed by atoms with Crippen LogP contribution >= 0.6 is 22.9 Å². The summed E-state index contributed by atoms with van der Waals surface area (Å²) in [5.41, 5.74) is 0.0851. The van der Waals surface area contributed by atoms with Crippen LogP contribution in [0.4, 0.5) is 18.9 Å². The summed E-state index contributed by atoms with van der Waals surface area (Å²) in [6.07, 6.45) is -4.01. The number of amides is 1. The minimum atomic E-state index is -4.53. The molecular formula is C19H14ClF3N2O2S. The van der Waals surface area contributed by atoms with Gasteiger partial charge in [-0.3, -0.25) is 4.79 Å². The zero-order valence-corrected chi connectivity index (χ0v) is 16.1. The minimum Gasteiger partial charge on any atom is -0.497 e. The quantitative estimate of drug-likeness (QED) is 0.572. The highest BCUT2D eigenvalue weighted by Gasteiger charge is 2.31. The lowest BCUT2D eigenvalue weighted by Gasteiger charge is -2.11. The summed E-state index contributed by atoms with van der Waals surface area (Å²) in [7, 11) is 1.58. The van der Waals surface area contributed by atoms with Crippen LogP contribution in [0.1, 0.15) is 26.6 Å². The molecule has 0 spiro atoms. The number of aromatic nitrogens is 1. The summed E-state index contributed by atoms with van der Waals surface area (Å²) in [5.74, 6) is 0.111. The average Bonchev–Trinajstić information content (AvgIpc) is 3.12. The van der Waals surface area contributed by atoms with Crippen LogP contribution in [0.2, 0.25) is 5.02 Å². The molecule has 0 bridgehead atoms. The van der Waals surface area contributed by atoms with Crippen LogP contribution in [0, 0.1) is 0 Å². The molecule has 2 aromatic carbocycles. The molecule has 0 aliphatic rings. The fourth-order valence-corrected chi connectivity index (χ4v) is 3.37. The Morgan fingerprint density at radius 3 is 2.57 bits per heavy atom. The monoisotopic (exact) mass is 426 g/mol. The highest BCUT2D eigenvalue weighted by Crippen LogP contribution is 2.34. The van der Waals surface area contributed by atoms with Gasteiger partial charge in [-0.2, -0.15) is 13.2 Å². The molecular weight excluding hydrogens is 413 g/mol. The number of halogens is 4. The maximum atomic E-state index is 12.8. The Hall–Kier alpha value is -2.58. The van der Waals surface area contributed by atoms with Crippen molar-refractivity contribution < 1.29 is 22.7 Å². The van der Waals surface area contributed by atoms with Gasteiger partial charge in [-0.1, -0.05) is 23.7 Å². The number of hydrogen-bond donors (Lipinski definition) is 1. The normalized spacial score (nSPS) is 11.3. The summed E-state index contributed by atoms with van der Waals surface area (Å²) in [4.78, 5) is 16.6. The first kappa shape index (κ1) is 20.2. The largest absolute Gasteiger partial charge is 0.497 e. The van der Waals surface area contributed by atoms with E-state index in [0.717, 1.165) is 29.5 Å². The molecule has 0 saturated heterocycles. The number of methoxy groups -OCH3 is 1. The lowest BCUT2D eigenvalue weighted by molar-refractivity contribution is -0.137. The topological polar surface area (TPSA) is 51.2 Å². The van der Waals surface area contributed by atoms with Crippen molar-refractivity contribution in [2.75, 3.05) is 12.4 Å². The third-order valence-electron chi connectivity index (χ3n) is 3.84. The summed E-state index contributed by atoms with van der Waals surface area (Å²) < 4.78 is 43.6. The van der Waals surface area contributed by atoms with Gasteiger partial charge in [0.25, 0.3) is 5.91 Å². The van der Waals surface area contributed by atoms with Crippen LogP contribution in [0.15, 0.2) is 47.8 Å². The fourth-order valence-electron chi connectivity index (χ4n) is 2.40. The fraction of sp³-hybridized carbons (Fsp3) is 0.158. The molecule has 146 valence electrons. The first-order chi connectivity index (χ1) is 13.3. The number of hydrogen-bond acceptors (Lipinski definition) is 4. The zero-order valence-electron chi connectivity index (χ0n) is 14.5. The van der Waals surface area contributed by atoms with Crippen LogP contribution < -0.4 is 10.1 Å². The number of nitrogens with one attached hydrogen (secondary N) is 1. The van der Waals surface area contributed by atoms with Crippen LogP contribution in [-0.2, 0) is 12.6 Å². The van der Waals surface area contributed by atoms with E-state index in [-0.39, 0.29) is 16.4 Å². The highest BCUT2D eigenvalue weighted by atomic mass is 35.5. The number of ether oxygens (including phenoxy) is 1. The molecule has 0 saturated carbocycles. The van der Waals surface area contributed by atoms with Gasteiger partial charge in [-0.15, -0.1) is 11.3 Å². The number of rotatable bonds is 5. The van der Waals surface area contributed by atoms with E-state index in [1.165, 1.54) is 11.3 Å². The molecule has 3 rings (SSSR count). The van der Waals surface area contributed by atoms with Crippen molar-refractivity contribution in [3.8, 4) is 5.75 Å². The molecule has 1 aromatic heterocycles. The van der Waals surface area contributed by atoms with E-state index in [2.05, 4.69) is 10.3 Å². The second kappa shape index (κ2) is 8.20. The number of alkyl halides is 3. The molecule has 0 atom stereocenters. The summed E-state index contributed by atoms with van der Waals surface area (Å²) in [6.45, 7) is 0. The number of carbonyl (C=O) groups excluding carboxylic acids is 1. The lowest BCUT2D eigenvalue weighted by Crippen LogP contribution is -2.14. The molecule has 1 amide bonds. The Morgan fingerprint density at radius 2 is 1.93 bits per heavy atom. The molecule has 0 aliphatic carbocycles. The first-order valence-electron chi connectivity index (χ1n) is 8.01. The van der Waals surface area contributed by atoms with E-state index >= 15 is 0 Å². The second-order valence-electron chi connectivity index (χ2n) is 5.80. The van der Waals surface area contributed by atoms with Crippen LogP contribution in [0.3, 0.4) is 0 Å². The molecule has 0 unspecified atom stereocenters. The van der Waals surface area contributed by atoms with Gasteiger partial charge >= 0.3 is 6.18 Å². The summed E-state index contributed by atoms with van der Waals surface area (Å²) >= 11 is 7.19. The summed E-state index contributed by atoms with van der Waals surface area (Å²) in [5, 5.41) is 4.65. The Kier molecular flexibility index (Phi) is 5.90. The zero-order chi connectivity index (χ0) is 20.3. The third kappa shape index (κ3) is 4.82. The molecule has 28 heavy (non-hydrogen) atoms. The molecule has 3 aromatic rings. The van der Waals surface area contributed by atoms with E-state index in [1.54, 1.807) is 12.5 Å². The molecule has 1 heterocycles. The van der Waals surface area contributed by atoms with Crippen molar-refractivity contribution in [1.82, 2.24) is 4.98 Å². The number of benzene rings is 2. The van der Waals surface area contributed by atoms with Crippen molar-refractivity contribution in [3.05, 3.63) is 74.7 Å². The van der Waals surface area contributed by atoms with Gasteiger partial charge in [0.1, 0.15) is 11.4 Å². The number of thiazole rings is 1. The predicted octanol–water partition coefficient (Wildman–Crippen LogP) is 5.67. The Labute approximate surface area is 167 Å². The van der Waals surface area contributed by atoms with Crippen molar-refractivity contribution in [2.24, 2.45) is 0 Å². The second-order valence-corrected chi connectivity index (χ2v) is 7.15. The van der Waals surface area contributed by atoms with E-state index < -0.39 is 17.6 Å². The van der Waals surface area contributed by atoms with Crippen molar-refractivity contribution >= 4 is 34.5 Å². The Balaban J connectivity index is 1.72. The Morgan fingerprint density at radius 1 is 1.21 bits per heavy atom. The molecule has 0 aliphatic heterocycles. The lowest BCUT2D eigenvalue weighted by atomic mass is 10.1. The average molecular weight is 427 g/mol. The SMILES string of the molecule is COc1ccc(Cc2nc(C(=O)Nc3cc(C(F)(F)F)ccc3Cl)cs2)cc1. The molecule has 0 radical (unpaired) electrons. The molecule has 4 nitrogen and oxygen atoms in total. The van der Waals surface area contributed by atoms with Gasteiger partial charge in [-0.05, 0) is 35.9 Å². The van der Waals surface area contributed by atoms with Gasteiger partial charge in [-0.25, -0.2) is 4.98 Å². The van der Waals surface area contributed by atoms with Crippen molar-refractivity contribution in [2.45, 2.75) is 12.6 Å². The van der Waals surface area contributed by atoms with Crippen LogP contribution in [0.5, 0.6) is 5.75 Å². The standard InChI is InChI=1S/C19H14ClF3N2O2S/c1-27-13-5-2-11(3-6-13)8-17-24-16(10-28-17)18(26)25-15-9-12(19(21,22)23)4-7-14(15)20/h2-7,9-10H,8H2,1H3,(H,25,26). The predicted molar refractivity (Wildman–Crippen MR) is 102 cm³/mol. The maximum absolute atomic E-state index is 12.8. The Bertz CT molecular complexity index is 988. The third-order valence-corrected chi connectivity index (χ3v) is 5.02. The minimum absolute atomic E-state index is 0.00929. The molecule has 0 fully saturated rings. The summed E-state index contributed by atoms with van der Waals surface area (Å²) in [6, 6.07) is 10.2. The van der Waals surface area contributed by atoms with Crippen molar-refractivity contribution in [3.63, 3.8) is 0 Å². The van der Waals surface area contributed by atoms with Crippen LogP contribution in [0.25, 0.3) is 0 Å². The van der Waals surface area contributed by atoms with Gasteiger partial charge < -0.3 is 10.1 Å². The highest BCUT2D eigenvalue weighted by molar-refractivity contribution is 7.09. The first-order valence-corrected chi connectivity index (χ1v) is 9.27. The molecule has 9 heteroatoms. The number of nitrogens with zero attached hydrogens (tertiary/aromatic N) is 1. The van der Waals surface area contributed by atoms with E-state index in [0.29, 0.717) is 11.4 Å². The number of carbonyl (C=O) groups is 1. The van der Waals surface area contributed by atoms with Gasteiger partial charge in [0.05, 0.1) is 28.4 Å².